The number of ether oxygens (including phenoxy) is 1. The molecule has 0 aromatic heterocycles. The van der Waals surface area contributed by atoms with Crippen LogP contribution < -0.4 is 15.4 Å². The van der Waals surface area contributed by atoms with Crippen molar-refractivity contribution >= 4 is 35.3 Å². The number of benzene rings is 1. The number of unbranched alkanes of at least 4 members (excludes halogenated alkanes) is 1. The topological polar surface area (TPSA) is 67.4 Å². The van der Waals surface area contributed by atoms with Crippen LogP contribution in [-0.2, 0) is 0 Å². The zero-order chi connectivity index (χ0) is 14.3. The van der Waals surface area contributed by atoms with Gasteiger partial charge in [0.2, 0.25) is 0 Å². The van der Waals surface area contributed by atoms with E-state index in [2.05, 4.69) is 5.32 Å². The summed E-state index contributed by atoms with van der Waals surface area (Å²) in [6.07, 6.45) is 0.913. The van der Waals surface area contributed by atoms with Crippen molar-refractivity contribution in [2.75, 3.05) is 6.54 Å². The van der Waals surface area contributed by atoms with Gasteiger partial charge in [0, 0.05) is 12.6 Å². The smallest absolute Gasteiger partial charge is 0.410 e. The fourth-order valence-electron chi connectivity index (χ4n) is 1.19. The molecule has 5 nitrogen and oxygen atoms in total. The Morgan fingerprint density at radius 2 is 2.00 bits per heavy atom. The Morgan fingerprint density at radius 1 is 1.26 bits per heavy atom. The molecular weight excluding hydrogens is 291 g/mol. The number of urea groups is 1. The Morgan fingerprint density at radius 3 is 2.63 bits per heavy atom. The predicted octanol–water partition coefficient (Wildman–Crippen LogP) is 3.59. The third-order valence-corrected chi connectivity index (χ3v) is 2.87. The second kappa shape index (κ2) is 7.86. The highest BCUT2D eigenvalue weighted by molar-refractivity contribution is 6.42. The lowest BCUT2D eigenvalue weighted by Crippen LogP contribution is -2.41. The summed E-state index contributed by atoms with van der Waals surface area (Å²) in [6.45, 7) is 2.50. The summed E-state index contributed by atoms with van der Waals surface area (Å²) < 4.78 is 4.87. The molecule has 19 heavy (non-hydrogen) atoms. The van der Waals surface area contributed by atoms with Crippen LogP contribution in [0.3, 0.4) is 0 Å². The molecule has 7 heteroatoms. The molecule has 3 amide bonds. The third-order valence-electron chi connectivity index (χ3n) is 2.13. The van der Waals surface area contributed by atoms with Crippen molar-refractivity contribution in [1.82, 2.24) is 10.6 Å². The maximum Gasteiger partial charge on any atom is 0.420 e. The Bertz CT molecular complexity index is 466. The van der Waals surface area contributed by atoms with Crippen molar-refractivity contribution in [2.24, 2.45) is 0 Å². The molecule has 2 N–H and O–H groups in total. The van der Waals surface area contributed by atoms with Crippen molar-refractivity contribution in [2.45, 2.75) is 19.8 Å². The standard InChI is InChI=1S/C12H14Cl2N2O3/c1-2-3-6-15-11(17)16-12(18)19-8-4-5-9(13)10(14)7-8/h4-5,7H,2-3,6H2,1H3,(H2,15,16,17,18). The van der Waals surface area contributed by atoms with Crippen molar-refractivity contribution in [3.8, 4) is 5.75 Å². The first-order valence-corrected chi connectivity index (χ1v) is 6.50. The zero-order valence-corrected chi connectivity index (χ0v) is 11.8. The highest BCUT2D eigenvalue weighted by Crippen LogP contribution is 2.26. The van der Waals surface area contributed by atoms with Crippen LogP contribution in [0.25, 0.3) is 0 Å². The number of hydrogen-bond acceptors (Lipinski definition) is 3. The Balaban J connectivity index is 2.42. The zero-order valence-electron chi connectivity index (χ0n) is 10.3. The summed E-state index contributed by atoms with van der Waals surface area (Å²) in [6, 6.07) is 3.76. The summed E-state index contributed by atoms with van der Waals surface area (Å²) in [7, 11) is 0. The molecule has 0 heterocycles. The van der Waals surface area contributed by atoms with Crippen LogP contribution >= 0.6 is 23.2 Å². The van der Waals surface area contributed by atoms with Crippen LogP contribution in [0, 0.1) is 0 Å². The van der Waals surface area contributed by atoms with Gasteiger partial charge in [0.25, 0.3) is 0 Å². The predicted molar refractivity (Wildman–Crippen MR) is 73.9 cm³/mol. The lowest BCUT2D eigenvalue weighted by Gasteiger charge is -2.07. The average Bonchev–Trinajstić information content (AvgIpc) is 2.34. The number of amides is 3. The van der Waals surface area contributed by atoms with Crippen LogP contribution in [-0.4, -0.2) is 18.7 Å². The van der Waals surface area contributed by atoms with E-state index in [-0.39, 0.29) is 10.8 Å². The van der Waals surface area contributed by atoms with E-state index in [1.807, 2.05) is 12.2 Å². The number of carbonyl (C=O) groups excluding carboxylic acids is 2. The van der Waals surface area contributed by atoms with Gasteiger partial charge in [-0.25, -0.2) is 14.9 Å². The first-order valence-electron chi connectivity index (χ1n) is 5.74. The summed E-state index contributed by atoms with van der Waals surface area (Å²) >= 11 is 11.5. The normalized spacial score (nSPS) is 9.84. The van der Waals surface area contributed by atoms with Gasteiger partial charge in [0.1, 0.15) is 5.75 Å². The van der Waals surface area contributed by atoms with E-state index >= 15 is 0 Å². The molecule has 0 aliphatic carbocycles. The Kier molecular flexibility index (Phi) is 6.45. The number of halogens is 2. The lowest BCUT2D eigenvalue weighted by atomic mass is 10.3. The molecular formula is C12H14Cl2N2O3. The quantitative estimate of drug-likeness (QED) is 0.835. The van der Waals surface area contributed by atoms with Crippen LogP contribution in [0.4, 0.5) is 9.59 Å². The monoisotopic (exact) mass is 304 g/mol. The maximum atomic E-state index is 11.4. The van der Waals surface area contributed by atoms with E-state index in [4.69, 9.17) is 27.9 Å². The van der Waals surface area contributed by atoms with E-state index in [1.165, 1.54) is 18.2 Å². The van der Waals surface area contributed by atoms with Gasteiger partial charge in [-0.2, -0.15) is 0 Å². The van der Waals surface area contributed by atoms with E-state index in [9.17, 15) is 9.59 Å². The molecule has 0 unspecified atom stereocenters. The van der Waals surface area contributed by atoms with E-state index in [1.54, 1.807) is 0 Å². The summed E-state index contributed by atoms with van der Waals surface area (Å²) in [5, 5.41) is 5.17. The summed E-state index contributed by atoms with van der Waals surface area (Å²) in [5.74, 6) is 0.202. The summed E-state index contributed by atoms with van der Waals surface area (Å²) in [4.78, 5) is 22.7. The van der Waals surface area contributed by atoms with E-state index in [0.29, 0.717) is 11.6 Å². The van der Waals surface area contributed by atoms with Crippen molar-refractivity contribution in [3.05, 3.63) is 28.2 Å². The SMILES string of the molecule is CCCCNC(=O)NC(=O)Oc1ccc(Cl)c(Cl)c1. The second-order valence-corrected chi connectivity index (χ2v) is 4.51. The highest BCUT2D eigenvalue weighted by atomic mass is 35.5. The van der Waals surface area contributed by atoms with Crippen molar-refractivity contribution in [1.29, 1.82) is 0 Å². The molecule has 104 valence electrons. The van der Waals surface area contributed by atoms with Crippen LogP contribution in [0.1, 0.15) is 19.8 Å². The van der Waals surface area contributed by atoms with Gasteiger partial charge in [-0.3, -0.25) is 0 Å². The van der Waals surface area contributed by atoms with Gasteiger partial charge >= 0.3 is 12.1 Å². The molecule has 0 aliphatic rings. The number of imide groups is 1. The van der Waals surface area contributed by atoms with Gasteiger partial charge in [-0.05, 0) is 18.6 Å². The third kappa shape index (κ3) is 5.81. The van der Waals surface area contributed by atoms with Gasteiger partial charge in [-0.15, -0.1) is 0 Å². The van der Waals surface area contributed by atoms with Gasteiger partial charge < -0.3 is 10.1 Å². The van der Waals surface area contributed by atoms with Crippen LogP contribution in [0.15, 0.2) is 18.2 Å². The maximum absolute atomic E-state index is 11.4. The fourth-order valence-corrected chi connectivity index (χ4v) is 1.48. The first-order chi connectivity index (χ1) is 9.02. The van der Waals surface area contributed by atoms with Gasteiger partial charge in [0.15, 0.2) is 0 Å². The number of hydrogen-bond donors (Lipinski definition) is 2. The molecule has 0 atom stereocenters. The van der Waals surface area contributed by atoms with Gasteiger partial charge in [-0.1, -0.05) is 36.5 Å². The van der Waals surface area contributed by atoms with Crippen molar-refractivity contribution < 1.29 is 14.3 Å². The average molecular weight is 305 g/mol. The van der Waals surface area contributed by atoms with Gasteiger partial charge in [0.05, 0.1) is 10.0 Å². The van der Waals surface area contributed by atoms with E-state index < -0.39 is 12.1 Å². The van der Waals surface area contributed by atoms with Crippen LogP contribution in [0.5, 0.6) is 5.75 Å². The molecule has 1 aromatic carbocycles. The largest absolute Gasteiger partial charge is 0.420 e. The Hall–Kier alpha value is -1.46. The van der Waals surface area contributed by atoms with Crippen molar-refractivity contribution in [3.63, 3.8) is 0 Å². The van der Waals surface area contributed by atoms with Crippen LogP contribution in [0.2, 0.25) is 10.0 Å². The molecule has 0 bridgehead atoms. The summed E-state index contributed by atoms with van der Waals surface area (Å²) in [5.41, 5.74) is 0. The number of nitrogens with one attached hydrogen (secondary N) is 2. The molecule has 1 aromatic rings. The second-order valence-electron chi connectivity index (χ2n) is 3.70. The number of carbonyl (C=O) groups is 2. The number of rotatable bonds is 4. The lowest BCUT2D eigenvalue weighted by molar-refractivity contribution is 0.197. The first kappa shape index (κ1) is 15.6. The fraction of sp³-hybridized carbons (Fsp3) is 0.333. The highest BCUT2D eigenvalue weighted by Gasteiger charge is 2.10. The molecule has 0 spiro atoms. The minimum atomic E-state index is -0.882. The molecule has 0 fully saturated rings. The molecule has 0 aliphatic heterocycles. The Labute approximate surface area is 121 Å². The molecule has 0 saturated carbocycles. The molecule has 0 saturated heterocycles. The minimum Gasteiger partial charge on any atom is -0.410 e. The molecule has 1 rings (SSSR count). The molecule has 0 radical (unpaired) electrons. The van der Waals surface area contributed by atoms with E-state index in [0.717, 1.165) is 12.8 Å². The minimum absolute atomic E-state index is 0.202.